The lowest BCUT2D eigenvalue weighted by molar-refractivity contribution is 0.0522. The lowest BCUT2D eigenvalue weighted by Gasteiger charge is -2.22. The van der Waals surface area contributed by atoms with Gasteiger partial charge in [0, 0.05) is 0 Å². The first-order valence-electron chi connectivity index (χ1n) is 6.55. The van der Waals surface area contributed by atoms with Crippen LogP contribution < -0.4 is 5.73 Å². The van der Waals surface area contributed by atoms with Crippen LogP contribution in [0.15, 0.2) is 12.7 Å². The summed E-state index contributed by atoms with van der Waals surface area (Å²) in [5, 5.41) is 0. The Kier molecular flexibility index (Phi) is 3.66. The number of fused-ring (bicyclic) bond motifs is 1. The standard InChI is InChI=1S/C11H16N5O4P/c12-10-9-11(14-4-13-10)16(5-15-9)7-2-1-3-8(7)20-6-21(17,18)19/h4-5,7-8H,1-3,6H2,(H2,12,13,14)(H2,17,18,19)/t7-,8-/m1/s1. The van der Waals surface area contributed by atoms with Crippen molar-refractivity contribution in [1.82, 2.24) is 19.5 Å². The summed E-state index contributed by atoms with van der Waals surface area (Å²) in [5.41, 5.74) is 6.89. The van der Waals surface area contributed by atoms with E-state index in [2.05, 4.69) is 15.0 Å². The Morgan fingerprint density at radius 3 is 2.95 bits per heavy atom. The Bertz CT molecular complexity index is 699. The van der Waals surface area contributed by atoms with E-state index in [1.54, 1.807) is 6.33 Å². The van der Waals surface area contributed by atoms with E-state index in [4.69, 9.17) is 20.3 Å². The van der Waals surface area contributed by atoms with Gasteiger partial charge in [0.2, 0.25) is 0 Å². The number of rotatable bonds is 4. The molecule has 0 saturated heterocycles. The molecule has 2 heterocycles. The molecule has 0 spiro atoms. The Labute approximate surface area is 120 Å². The van der Waals surface area contributed by atoms with Crippen LogP contribution in [0.5, 0.6) is 0 Å². The van der Waals surface area contributed by atoms with Crippen LogP contribution in [-0.2, 0) is 9.30 Å². The largest absolute Gasteiger partial charge is 0.382 e. The maximum atomic E-state index is 11.0. The van der Waals surface area contributed by atoms with Gasteiger partial charge in [-0.05, 0) is 19.3 Å². The third-order valence-electron chi connectivity index (χ3n) is 3.62. The quantitative estimate of drug-likeness (QED) is 0.700. The van der Waals surface area contributed by atoms with Crippen LogP contribution in [0.2, 0.25) is 0 Å². The fourth-order valence-corrected chi connectivity index (χ4v) is 3.11. The van der Waals surface area contributed by atoms with Crippen molar-refractivity contribution in [3.05, 3.63) is 12.7 Å². The monoisotopic (exact) mass is 313 g/mol. The smallest absolute Gasteiger partial charge is 0.350 e. The van der Waals surface area contributed by atoms with E-state index in [1.807, 2.05) is 4.57 Å². The van der Waals surface area contributed by atoms with Gasteiger partial charge in [-0.15, -0.1) is 0 Å². The van der Waals surface area contributed by atoms with Crippen molar-refractivity contribution < 1.29 is 19.1 Å². The van der Waals surface area contributed by atoms with Crippen LogP contribution in [0.25, 0.3) is 11.2 Å². The van der Waals surface area contributed by atoms with Crippen LogP contribution in [0.4, 0.5) is 5.82 Å². The number of hydrogen-bond acceptors (Lipinski definition) is 6. The maximum Gasteiger partial charge on any atom is 0.350 e. The molecule has 2 aromatic heterocycles. The van der Waals surface area contributed by atoms with Crippen LogP contribution in [0, 0.1) is 0 Å². The second kappa shape index (κ2) is 5.34. The van der Waals surface area contributed by atoms with Crippen molar-refractivity contribution >= 4 is 24.6 Å². The molecule has 0 aromatic carbocycles. The van der Waals surface area contributed by atoms with Crippen LogP contribution in [-0.4, -0.2) is 41.8 Å². The fraction of sp³-hybridized carbons (Fsp3) is 0.545. The van der Waals surface area contributed by atoms with E-state index in [0.717, 1.165) is 19.3 Å². The zero-order chi connectivity index (χ0) is 15.0. The lowest BCUT2D eigenvalue weighted by Crippen LogP contribution is -2.22. The Morgan fingerprint density at radius 1 is 1.38 bits per heavy atom. The minimum absolute atomic E-state index is 0.0594. The summed E-state index contributed by atoms with van der Waals surface area (Å²) >= 11 is 0. The average molecular weight is 313 g/mol. The van der Waals surface area contributed by atoms with Crippen molar-refractivity contribution in [2.24, 2.45) is 0 Å². The molecule has 0 aliphatic heterocycles. The van der Waals surface area contributed by atoms with Crippen molar-refractivity contribution in [3.8, 4) is 0 Å². The van der Waals surface area contributed by atoms with Crippen LogP contribution in [0.1, 0.15) is 25.3 Å². The summed E-state index contributed by atoms with van der Waals surface area (Å²) < 4.78 is 18.2. The van der Waals surface area contributed by atoms with Gasteiger partial charge in [0.15, 0.2) is 11.5 Å². The van der Waals surface area contributed by atoms with E-state index in [0.29, 0.717) is 17.0 Å². The second-order valence-electron chi connectivity index (χ2n) is 5.08. The van der Waals surface area contributed by atoms with Gasteiger partial charge in [0.1, 0.15) is 18.2 Å². The summed E-state index contributed by atoms with van der Waals surface area (Å²) in [6, 6.07) is -0.0594. The van der Waals surface area contributed by atoms with E-state index in [-0.39, 0.29) is 12.1 Å². The molecule has 4 N–H and O–H groups in total. The maximum absolute atomic E-state index is 11.0. The highest BCUT2D eigenvalue weighted by molar-refractivity contribution is 7.51. The van der Waals surface area contributed by atoms with Gasteiger partial charge in [0.05, 0.1) is 18.5 Å². The highest BCUT2D eigenvalue weighted by Crippen LogP contribution is 2.39. The summed E-state index contributed by atoms with van der Waals surface area (Å²) in [7, 11) is -4.17. The van der Waals surface area contributed by atoms with Crippen LogP contribution in [0.3, 0.4) is 0 Å². The van der Waals surface area contributed by atoms with Gasteiger partial charge in [-0.1, -0.05) is 0 Å². The van der Waals surface area contributed by atoms with Gasteiger partial charge >= 0.3 is 7.60 Å². The van der Waals surface area contributed by atoms with Gasteiger partial charge in [-0.2, -0.15) is 0 Å². The molecule has 21 heavy (non-hydrogen) atoms. The van der Waals surface area contributed by atoms with Crippen LogP contribution >= 0.6 is 7.60 Å². The molecule has 1 saturated carbocycles. The molecule has 1 aliphatic rings. The SMILES string of the molecule is Nc1ncnc2c1ncn2[C@@H]1CCC[C@H]1OCP(=O)(O)O. The number of anilines is 1. The molecule has 1 aliphatic carbocycles. The first-order valence-corrected chi connectivity index (χ1v) is 8.34. The van der Waals surface area contributed by atoms with Crippen molar-refractivity contribution in [2.45, 2.75) is 31.4 Å². The molecule has 2 aromatic rings. The number of nitrogen functional groups attached to an aromatic ring is 1. The van der Waals surface area contributed by atoms with Gasteiger partial charge < -0.3 is 24.8 Å². The highest BCUT2D eigenvalue weighted by Gasteiger charge is 2.32. The lowest BCUT2D eigenvalue weighted by atomic mass is 10.2. The third-order valence-corrected chi connectivity index (χ3v) is 4.10. The molecule has 1 fully saturated rings. The molecular weight excluding hydrogens is 297 g/mol. The first-order chi connectivity index (χ1) is 9.96. The molecule has 0 amide bonds. The second-order valence-corrected chi connectivity index (χ2v) is 6.67. The number of ether oxygens (including phenoxy) is 1. The summed E-state index contributed by atoms with van der Waals surface area (Å²) in [6.45, 7) is 0. The fourth-order valence-electron chi connectivity index (χ4n) is 2.72. The van der Waals surface area contributed by atoms with Gasteiger partial charge in [-0.3, -0.25) is 4.57 Å². The van der Waals surface area contributed by atoms with E-state index < -0.39 is 13.9 Å². The molecule has 2 atom stereocenters. The zero-order valence-corrected chi connectivity index (χ0v) is 12.1. The Morgan fingerprint density at radius 2 is 2.19 bits per heavy atom. The minimum atomic E-state index is -4.17. The summed E-state index contributed by atoms with van der Waals surface area (Å²) in [4.78, 5) is 30.2. The molecule has 3 rings (SSSR count). The topological polar surface area (TPSA) is 136 Å². The first kappa shape index (κ1) is 14.4. The number of imidazole rings is 1. The molecule has 10 heteroatoms. The number of hydrogen-bond donors (Lipinski definition) is 3. The minimum Gasteiger partial charge on any atom is -0.382 e. The normalized spacial score (nSPS) is 23.0. The van der Waals surface area contributed by atoms with Gasteiger partial charge in [0.25, 0.3) is 0 Å². The molecule has 9 nitrogen and oxygen atoms in total. The predicted octanol–water partition coefficient (Wildman–Crippen LogP) is 0.654. The Balaban J connectivity index is 1.87. The summed E-state index contributed by atoms with van der Waals surface area (Å²) in [6.07, 6.45) is 4.64. The predicted molar refractivity (Wildman–Crippen MR) is 74.4 cm³/mol. The molecule has 114 valence electrons. The van der Waals surface area contributed by atoms with Gasteiger partial charge in [-0.25, -0.2) is 15.0 Å². The van der Waals surface area contributed by atoms with E-state index in [9.17, 15) is 4.57 Å². The number of aromatic nitrogens is 4. The van der Waals surface area contributed by atoms with Crippen molar-refractivity contribution in [2.75, 3.05) is 12.1 Å². The number of nitrogens with zero attached hydrogens (tertiary/aromatic N) is 4. The summed E-state index contributed by atoms with van der Waals surface area (Å²) in [5.74, 6) is 0.310. The third kappa shape index (κ3) is 2.91. The van der Waals surface area contributed by atoms with E-state index >= 15 is 0 Å². The van der Waals surface area contributed by atoms with Crippen molar-refractivity contribution in [1.29, 1.82) is 0 Å². The molecule has 0 bridgehead atoms. The van der Waals surface area contributed by atoms with E-state index in [1.165, 1.54) is 6.33 Å². The molecule has 0 unspecified atom stereocenters. The number of nitrogens with two attached hydrogens (primary N) is 1. The highest BCUT2D eigenvalue weighted by atomic mass is 31.2. The van der Waals surface area contributed by atoms with Crippen molar-refractivity contribution in [3.63, 3.8) is 0 Å². The molecule has 0 radical (unpaired) electrons. The zero-order valence-electron chi connectivity index (χ0n) is 11.2. The molecular formula is C11H16N5O4P. The average Bonchev–Trinajstić information content (AvgIpc) is 3.01. The Hall–Kier alpha value is -1.54.